The molecule has 4 N–H and O–H groups in total. The molecule has 1 rings (SSSR count). The van der Waals surface area contributed by atoms with Gasteiger partial charge in [0.2, 0.25) is 0 Å². The number of rotatable bonds is 36. The van der Waals surface area contributed by atoms with E-state index in [0.717, 1.165) is 38.5 Å². The molecule has 0 aromatic carbocycles. The van der Waals surface area contributed by atoms with Gasteiger partial charge in [0.15, 0.2) is 12.4 Å². The largest absolute Gasteiger partial charge is 0.462 e. The molecule has 0 radical (unpaired) electrons. The van der Waals surface area contributed by atoms with E-state index in [4.69, 9.17) is 18.9 Å². The van der Waals surface area contributed by atoms with Crippen molar-refractivity contribution in [2.75, 3.05) is 19.0 Å². The Morgan fingerprint density at radius 2 is 0.944 bits per heavy atom. The van der Waals surface area contributed by atoms with E-state index in [9.17, 15) is 37.9 Å². The zero-order valence-electron chi connectivity index (χ0n) is 33.8. The Bertz CT molecular complexity index is 1030. The molecule has 0 spiro atoms. The quantitative estimate of drug-likeness (QED) is 0.0272. The van der Waals surface area contributed by atoms with Crippen molar-refractivity contribution >= 4 is 22.1 Å². The van der Waals surface area contributed by atoms with Gasteiger partial charge in [-0.25, -0.2) is 0 Å². The Labute approximate surface area is 327 Å². The fraction of sp³-hybridized carbons (Fsp3) is 0.951. The van der Waals surface area contributed by atoms with Gasteiger partial charge in [-0.1, -0.05) is 168 Å². The second-order valence-electron chi connectivity index (χ2n) is 15.4. The van der Waals surface area contributed by atoms with Crippen LogP contribution in [0.25, 0.3) is 0 Å². The van der Waals surface area contributed by atoms with Gasteiger partial charge in [-0.2, -0.15) is 8.42 Å². The van der Waals surface area contributed by atoms with Crippen LogP contribution in [0.3, 0.4) is 0 Å². The molecular formula is C41H78O12S. The first-order chi connectivity index (χ1) is 26.0. The first-order valence-electron chi connectivity index (χ1n) is 21.6. The minimum absolute atomic E-state index is 0.169. The van der Waals surface area contributed by atoms with Gasteiger partial charge in [-0.15, -0.1) is 0 Å². The average Bonchev–Trinajstić information content (AvgIpc) is 3.13. The summed E-state index contributed by atoms with van der Waals surface area (Å²) in [5, 5.41) is 30.7. The Balaban J connectivity index is 2.38. The summed E-state index contributed by atoms with van der Waals surface area (Å²) in [6, 6.07) is 0. The zero-order chi connectivity index (χ0) is 39.9. The van der Waals surface area contributed by atoms with E-state index < -0.39 is 71.2 Å². The van der Waals surface area contributed by atoms with E-state index in [1.165, 1.54) is 116 Å². The number of carbonyl (C=O) groups excluding carboxylic acids is 2. The molecule has 0 aliphatic carbocycles. The summed E-state index contributed by atoms with van der Waals surface area (Å²) >= 11 is 0. The Hall–Kier alpha value is -1.35. The van der Waals surface area contributed by atoms with Gasteiger partial charge >= 0.3 is 11.9 Å². The average molecular weight is 795 g/mol. The summed E-state index contributed by atoms with van der Waals surface area (Å²) in [5.74, 6) is -1.97. The molecule has 0 amide bonds. The maximum absolute atomic E-state index is 12.7. The van der Waals surface area contributed by atoms with Crippen molar-refractivity contribution in [1.82, 2.24) is 0 Å². The molecule has 1 heterocycles. The Kier molecular flexibility index (Phi) is 30.7. The standard InChI is InChI=1S/C41H78O12S/c1-3-5-7-9-11-13-14-15-16-17-18-19-20-21-22-24-25-27-29-36(42)50-31-34(52-37(43)30-28-26-23-12-10-8-6-4-2)32-51-41-40(46)39(45)38(44)35(53-41)33-54(47,48)49/h34-35,38-41,44-46H,3-33H2,1-2H3,(H,47,48,49)/t34-,35-,38-,39?,40?,41+/m1/s1. The fourth-order valence-corrected chi connectivity index (χ4v) is 7.49. The number of hydrogen-bond acceptors (Lipinski definition) is 11. The highest BCUT2D eigenvalue weighted by Crippen LogP contribution is 2.24. The first-order valence-corrected chi connectivity index (χ1v) is 23.2. The van der Waals surface area contributed by atoms with E-state index in [1.807, 2.05) is 0 Å². The lowest BCUT2D eigenvalue weighted by molar-refractivity contribution is -0.297. The smallest absolute Gasteiger partial charge is 0.306 e. The summed E-state index contributed by atoms with van der Waals surface area (Å²) in [7, 11) is -4.59. The number of aliphatic hydroxyl groups is 3. The van der Waals surface area contributed by atoms with Crippen LogP contribution in [0.15, 0.2) is 0 Å². The van der Waals surface area contributed by atoms with Crippen molar-refractivity contribution in [1.29, 1.82) is 0 Å². The molecular weight excluding hydrogens is 717 g/mol. The van der Waals surface area contributed by atoms with Crippen molar-refractivity contribution in [2.24, 2.45) is 0 Å². The third kappa shape index (κ3) is 27.3. The number of hydrogen-bond donors (Lipinski definition) is 4. The van der Waals surface area contributed by atoms with Crippen LogP contribution in [0.2, 0.25) is 0 Å². The van der Waals surface area contributed by atoms with E-state index in [1.54, 1.807) is 0 Å². The zero-order valence-corrected chi connectivity index (χ0v) is 34.7. The van der Waals surface area contributed by atoms with E-state index in [2.05, 4.69) is 13.8 Å². The summed E-state index contributed by atoms with van der Waals surface area (Å²) in [6.07, 6.45) is 21.8. The summed E-state index contributed by atoms with van der Waals surface area (Å²) in [6.45, 7) is 3.73. The normalized spacial score (nSPS) is 20.9. The summed E-state index contributed by atoms with van der Waals surface area (Å²) in [4.78, 5) is 25.2. The molecule has 6 atom stereocenters. The molecule has 0 aromatic heterocycles. The van der Waals surface area contributed by atoms with Crippen molar-refractivity contribution in [3.05, 3.63) is 0 Å². The van der Waals surface area contributed by atoms with Gasteiger partial charge in [-0.3, -0.25) is 14.1 Å². The summed E-state index contributed by atoms with van der Waals surface area (Å²) < 4.78 is 53.8. The SMILES string of the molecule is CCCCCCCCCCCCCCCCCCCCC(=O)OC[C@H](CO[C@H]1O[C@H](CS(=O)(=O)O)[C@@H](O)C(O)C1O)OC(=O)CCCCCCCCCC. The maximum atomic E-state index is 12.7. The minimum Gasteiger partial charge on any atom is -0.462 e. The first kappa shape index (κ1) is 50.7. The van der Waals surface area contributed by atoms with E-state index >= 15 is 0 Å². The van der Waals surface area contributed by atoms with Crippen LogP contribution >= 0.6 is 0 Å². The van der Waals surface area contributed by atoms with Crippen LogP contribution < -0.4 is 0 Å². The lowest BCUT2D eigenvalue weighted by atomic mass is 10.00. The van der Waals surface area contributed by atoms with E-state index in [0.29, 0.717) is 12.8 Å². The fourth-order valence-electron chi connectivity index (χ4n) is 6.79. The van der Waals surface area contributed by atoms with Crippen LogP contribution in [0.4, 0.5) is 0 Å². The summed E-state index contributed by atoms with van der Waals surface area (Å²) in [5.41, 5.74) is 0. The topological polar surface area (TPSA) is 186 Å². The van der Waals surface area contributed by atoms with Crippen LogP contribution in [-0.2, 0) is 38.7 Å². The molecule has 1 saturated heterocycles. The highest BCUT2D eigenvalue weighted by Gasteiger charge is 2.46. The predicted octanol–water partition coefficient (Wildman–Crippen LogP) is 8.12. The predicted molar refractivity (Wildman–Crippen MR) is 211 cm³/mol. The lowest BCUT2D eigenvalue weighted by Gasteiger charge is -2.40. The van der Waals surface area contributed by atoms with Crippen molar-refractivity contribution in [3.8, 4) is 0 Å². The van der Waals surface area contributed by atoms with Crippen molar-refractivity contribution in [2.45, 2.75) is 230 Å². The maximum Gasteiger partial charge on any atom is 0.306 e. The molecule has 320 valence electrons. The van der Waals surface area contributed by atoms with Gasteiger partial charge in [0, 0.05) is 12.8 Å². The molecule has 2 unspecified atom stereocenters. The second-order valence-corrected chi connectivity index (χ2v) is 16.9. The molecule has 0 aromatic rings. The third-order valence-electron chi connectivity index (χ3n) is 10.2. The van der Waals surface area contributed by atoms with Crippen molar-refractivity contribution in [3.63, 3.8) is 0 Å². The van der Waals surface area contributed by atoms with E-state index in [-0.39, 0.29) is 19.4 Å². The number of aliphatic hydroxyl groups excluding tert-OH is 3. The highest BCUT2D eigenvalue weighted by atomic mass is 32.2. The second kappa shape index (κ2) is 32.7. The number of esters is 2. The molecule has 0 bridgehead atoms. The molecule has 1 fully saturated rings. The number of unbranched alkanes of at least 4 members (excludes halogenated alkanes) is 24. The van der Waals surface area contributed by atoms with Crippen molar-refractivity contribution < 1.29 is 56.8 Å². The monoisotopic (exact) mass is 795 g/mol. The molecule has 1 aliphatic rings. The molecule has 12 nitrogen and oxygen atoms in total. The number of carbonyl (C=O) groups is 2. The van der Waals surface area contributed by atoms with Crippen LogP contribution in [0.1, 0.15) is 194 Å². The van der Waals surface area contributed by atoms with Crippen LogP contribution in [0, 0.1) is 0 Å². The Morgan fingerprint density at radius 1 is 0.556 bits per heavy atom. The van der Waals surface area contributed by atoms with Gasteiger partial charge < -0.3 is 34.3 Å². The van der Waals surface area contributed by atoms with Gasteiger partial charge in [0.05, 0.1) is 6.61 Å². The van der Waals surface area contributed by atoms with Crippen LogP contribution in [-0.4, -0.2) is 96.0 Å². The number of ether oxygens (including phenoxy) is 4. The minimum atomic E-state index is -4.59. The lowest BCUT2D eigenvalue weighted by Crippen LogP contribution is -2.60. The van der Waals surface area contributed by atoms with Gasteiger partial charge in [-0.05, 0) is 12.8 Å². The molecule has 13 heteroatoms. The van der Waals surface area contributed by atoms with Gasteiger partial charge in [0.25, 0.3) is 10.1 Å². The van der Waals surface area contributed by atoms with Gasteiger partial charge in [0.1, 0.15) is 36.8 Å². The highest BCUT2D eigenvalue weighted by molar-refractivity contribution is 7.85. The Morgan fingerprint density at radius 3 is 1.35 bits per heavy atom. The molecule has 0 saturated carbocycles. The molecule has 54 heavy (non-hydrogen) atoms. The van der Waals surface area contributed by atoms with Crippen LogP contribution in [0.5, 0.6) is 0 Å². The molecule has 1 aliphatic heterocycles. The third-order valence-corrected chi connectivity index (χ3v) is 10.9.